The van der Waals surface area contributed by atoms with Crippen molar-refractivity contribution in [2.24, 2.45) is 23.5 Å². The lowest BCUT2D eigenvalue weighted by Crippen LogP contribution is -2.55. The molecule has 30 heavy (non-hydrogen) atoms. The van der Waals surface area contributed by atoms with Gasteiger partial charge in [0.25, 0.3) is 0 Å². The van der Waals surface area contributed by atoms with E-state index in [1.807, 2.05) is 13.8 Å². The van der Waals surface area contributed by atoms with E-state index in [0.29, 0.717) is 13.0 Å². The lowest BCUT2D eigenvalue weighted by Gasteiger charge is -2.42. The molecule has 2 heterocycles. The van der Waals surface area contributed by atoms with E-state index < -0.39 is 23.9 Å². The molecule has 7 atom stereocenters. The smallest absolute Gasteiger partial charge is 0.306 e. The monoisotopic (exact) mass is 423 g/mol. The van der Waals surface area contributed by atoms with Gasteiger partial charge in [-0.05, 0) is 46.0 Å². The van der Waals surface area contributed by atoms with Crippen molar-refractivity contribution in [1.29, 1.82) is 0 Å². The van der Waals surface area contributed by atoms with Crippen LogP contribution in [0.5, 0.6) is 0 Å². The summed E-state index contributed by atoms with van der Waals surface area (Å²) in [4.78, 5) is 24.3. The van der Waals surface area contributed by atoms with E-state index in [-0.39, 0.29) is 41.7 Å². The summed E-state index contributed by atoms with van der Waals surface area (Å²) in [5, 5.41) is 0. The lowest BCUT2D eigenvalue weighted by atomic mass is 9.68. The zero-order valence-electron chi connectivity index (χ0n) is 19.1. The molecule has 1 aliphatic carbocycles. The molecule has 7 heteroatoms. The highest BCUT2D eigenvalue weighted by molar-refractivity contribution is 5.82. The van der Waals surface area contributed by atoms with Crippen LogP contribution < -0.4 is 5.73 Å². The maximum absolute atomic E-state index is 12.6. The van der Waals surface area contributed by atoms with Crippen LogP contribution in [0.25, 0.3) is 0 Å². The molecule has 170 valence electrons. The third-order valence-electron chi connectivity index (χ3n) is 7.08. The van der Waals surface area contributed by atoms with E-state index in [4.69, 9.17) is 24.7 Å². The second-order valence-electron chi connectivity index (χ2n) is 9.86. The Balaban J connectivity index is 1.71. The molecule has 0 aromatic heterocycles. The van der Waals surface area contributed by atoms with Gasteiger partial charge in [0.2, 0.25) is 5.91 Å². The van der Waals surface area contributed by atoms with Crippen LogP contribution in [0.3, 0.4) is 0 Å². The van der Waals surface area contributed by atoms with Gasteiger partial charge in [-0.3, -0.25) is 9.59 Å². The number of rotatable bonds is 9. The molecule has 1 saturated carbocycles. The Labute approximate surface area is 179 Å². The van der Waals surface area contributed by atoms with Crippen molar-refractivity contribution in [3.63, 3.8) is 0 Å². The summed E-state index contributed by atoms with van der Waals surface area (Å²) in [6, 6.07) is 0. The Hall–Kier alpha value is -1.44. The van der Waals surface area contributed by atoms with Crippen LogP contribution in [-0.4, -0.2) is 55.1 Å². The van der Waals surface area contributed by atoms with Crippen molar-refractivity contribution in [3.05, 3.63) is 11.6 Å². The second kappa shape index (κ2) is 8.60. The summed E-state index contributed by atoms with van der Waals surface area (Å²) in [7, 11) is 1.65. The average molecular weight is 424 g/mol. The number of nitrogens with two attached hydrogens (primary N) is 1. The number of primary amides is 1. The number of allylic oxidation sites excluding steroid dienone is 1. The van der Waals surface area contributed by atoms with Crippen LogP contribution >= 0.6 is 0 Å². The number of ether oxygens (including phenoxy) is 4. The number of amides is 1. The third-order valence-corrected chi connectivity index (χ3v) is 7.08. The molecule has 1 spiro atoms. The Morgan fingerprint density at radius 2 is 1.97 bits per heavy atom. The zero-order valence-corrected chi connectivity index (χ0v) is 19.1. The minimum Gasteiger partial charge on any atom is -0.460 e. The molecule has 2 saturated heterocycles. The zero-order chi connectivity index (χ0) is 22.3. The van der Waals surface area contributed by atoms with Crippen LogP contribution in [0.4, 0.5) is 0 Å². The largest absolute Gasteiger partial charge is 0.460 e. The molecule has 2 aliphatic heterocycles. The fourth-order valence-electron chi connectivity index (χ4n) is 5.13. The summed E-state index contributed by atoms with van der Waals surface area (Å²) in [6.45, 7) is 10.7. The number of carbonyl (C=O) groups excluding carboxylic acids is 2. The predicted octanol–water partition coefficient (Wildman–Crippen LogP) is 2.75. The number of esters is 1. The van der Waals surface area contributed by atoms with Crippen LogP contribution in [0.15, 0.2) is 11.6 Å². The van der Waals surface area contributed by atoms with E-state index in [0.717, 1.165) is 12.8 Å². The molecule has 0 radical (unpaired) electrons. The van der Waals surface area contributed by atoms with Gasteiger partial charge in [0.15, 0.2) is 0 Å². The van der Waals surface area contributed by atoms with Gasteiger partial charge < -0.3 is 24.7 Å². The van der Waals surface area contributed by atoms with Gasteiger partial charge in [0.1, 0.15) is 23.4 Å². The molecule has 0 bridgehead atoms. The van der Waals surface area contributed by atoms with Gasteiger partial charge in [0.05, 0.1) is 31.0 Å². The number of epoxide rings is 2. The minimum atomic E-state index is -0.534. The first-order valence-corrected chi connectivity index (χ1v) is 11.0. The first kappa shape index (κ1) is 23.2. The number of hydrogen-bond donors (Lipinski definition) is 1. The van der Waals surface area contributed by atoms with Crippen LogP contribution in [0.1, 0.15) is 60.3 Å². The number of methoxy groups -OCH3 is 1. The minimum absolute atomic E-state index is 0.0107. The summed E-state index contributed by atoms with van der Waals surface area (Å²) in [6.07, 6.45) is 3.88. The van der Waals surface area contributed by atoms with Gasteiger partial charge in [-0.25, -0.2) is 0 Å². The van der Waals surface area contributed by atoms with E-state index >= 15 is 0 Å². The standard InChI is InChI=1S/C23H37NO6/c1-13(2)7-8-17-22(5,30-17)20-19(27-6)16(9-10-23(20)12-28-23)29-18(25)11-15(14(3)4)21(24)26/h7,14-17,19-20H,8-12H2,1-6H3,(H2,24,26)/t15-,16-,17-,19?,20-,22+,23+/m1/s1. The second-order valence-corrected chi connectivity index (χ2v) is 9.86. The van der Waals surface area contributed by atoms with Crippen LogP contribution in [0, 0.1) is 17.8 Å². The molecular weight excluding hydrogens is 386 g/mol. The fraction of sp³-hybridized carbons (Fsp3) is 0.826. The topological polar surface area (TPSA) is 104 Å². The number of carbonyl (C=O) groups is 2. The lowest BCUT2D eigenvalue weighted by molar-refractivity contribution is -0.173. The van der Waals surface area contributed by atoms with Crippen molar-refractivity contribution < 1.29 is 28.5 Å². The van der Waals surface area contributed by atoms with Crippen molar-refractivity contribution in [3.8, 4) is 0 Å². The maximum Gasteiger partial charge on any atom is 0.306 e. The van der Waals surface area contributed by atoms with Crippen molar-refractivity contribution >= 4 is 11.9 Å². The van der Waals surface area contributed by atoms with Crippen molar-refractivity contribution in [2.75, 3.05) is 13.7 Å². The Morgan fingerprint density at radius 1 is 1.30 bits per heavy atom. The highest BCUT2D eigenvalue weighted by Crippen LogP contribution is 2.59. The van der Waals surface area contributed by atoms with Crippen molar-refractivity contribution in [1.82, 2.24) is 0 Å². The molecule has 3 aliphatic rings. The van der Waals surface area contributed by atoms with Crippen LogP contribution in [0.2, 0.25) is 0 Å². The van der Waals surface area contributed by atoms with E-state index in [1.54, 1.807) is 7.11 Å². The first-order chi connectivity index (χ1) is 14.0. The van der Waals surface area contributed by atoms with Crippen LogP contribution in [-0.2, 0) is 28.5 Å². The number of hydrogen-bond acceptors (Lipinski definition) is 6. The van der Waals surface area contributed by atoms with E-state index in [1.165, 1.54) is 5.57 Å². The van der Waals surface area contributed by atoms with Gasteiger partial charge >= 0.3 is 5.97 Å². The highest BCUT2D eigenvalue weighted by atomic mass is 16.6. The molecule has 3 rings (SSSR count). The first-order valence-electron chi connectivity index (χ1n) is 11.0. The predicted molar refractivity (Wildman–Crippen MR) is 112 cm³/mol. The fourth-order valence-corrected chi connectivity index (χ4v) is 5.13. The van der Waals surface area contributed by atoms with E-state index in [9.17, 15) is 9.59 Å². The molecule has 2 N–H and O–H groups in total. The molecule has 3 fully saturated rings. The Morgan fingerprint density at radius 3 is 2.47 bits per heavy atom. The quantitative estimate of drug-likeness (QED) is 0.347. The molecule has 7 nitrogen and oxygen atoms in total. The Bertz CT molecular complexity index is 696. The summed E-state index contributed by atoms with van der Waals surface area (Å²) in [5.41, 5.74) is 6.09. The van der Waals surface area contributed by atoms with Gasteiger partial charge in [0, 0.05) is 7.11 Å². The average Bonchev–Trinajstić information content (AvgIpc) is 3.56. The van der Waals surface area contributed by atoms with E-state index in [2.05, 4.69) is 26.8 Å². The normalized spacial score (nSPS) is 38.2. The molecule has 1 amide bonds. The Kier molecular flexibility index (Phi) is 6.65. The molecule has 1 unspecified atom stereocenters. The van der Waals surface area contributed by atoms with Gasteiger partial charge in [-0.1, -0.05) is 25.5 Å². The third kappa shape index (κ3) is 4.58. The molecular formula is C23H37NO6. The summed E-state index contributed by atoms with van der Waals surface area (Å²) < 4.78 is 23.8. The molecule has 0 aromatic carbocycles. The molecule has 0 aromatic rings. The maximum atomic E-state index is 12.6. The summed E-state index contributed by atoms with van der Waals surface area (Å²) in [5.74, 6) is -1.46. The van der Waals surface area contributed by atoms with Gasteiger partial charge in [-0.15, -0.1) is 0 Å². The highest BCUT2D eigenvalue weighted by Gasteiger charge is 2.72. The van der Waals surface area contributed by atoms with Crippen molar-refractivity contribution in [2.45, 2.75) is 89.8 Å². The van der Waals surface area contributed by atoms with Gasteiger partial charge in [-0.2, -0.15) is 0 Å². The summed E-state index contributed by atoms with van der Waals surface area (Å²) >= 11 is 0. The SMILES string of the molecule is COC1[C@H](OC(=O)C[C@@H](C(N)=O)C(C)C)CC[C@]2(CO2)[C@H]1[C@@]1(C)O[C@@H]1CC=C(C)C.